The Balaban J connectivity index is 1.44. The van der Waals surface area contributed by atoms with Gasteiger partial charge >= 0.3 is 0 Å². The van der Waals surface area contributed by atoms with E-state index in [1.54, 1.807) is 32.2 Å². The number of halogens is 1. The first-order valence-corrected chi connectivity index (χ1v) is 11.0. The number of thiazole rings is 1. The predicted molar refractivity (Wildman–Crippen MR) is 125 cm³/mol. The minimum atomic E-state index is -0.836. The Bertz CT molecular complexity index is 1320. The molecule has 0 radical (unpaired) electrons. The van der Waals surface area contributed by atoms with E-state index in [1.807, 2.05) is 29.6 Å². The van der Waals surface area contributed by atoms with Crippen molar-refractivity contribution >= 4 is 17.2 Å². The molecule has 9 heteroatoms. The predicted octanol–water partition coefficient (Wildman–Crippen LogP) is 4.06. The number of rotatable bonds is 7. The van der Waals surface area contributed by atoms with E-state index >= 15 is 0 Å². The van der Waals surface area contributed by atoms with Crippen molar-refractivity contribution < 1.29 is 13.9 Å². The molecule has 2 heterocycles. The van der Waals surface area contributed by atoms with Crippen molar-refractivity contribution in [1.29, 1.82) is 0 Å². The molecule has 1 N–H and O–H groups in total. The number of nitrogens with zero attached hydrogens (tertiary/aromatic N) is 3. The Hall–Kier alpha value is -3.85. The maximum Gasteiger partial charge on any atom is 0.267 e. The third-order valence-corrected chi connectivity index (χ3v) is 5.98. The maximum atomic E-state index is 13.2. The summed E-state index contributed by atoms with van der Waals surface area (Å²) in [6.45, 7) is 1.82. The van der Waals surface area contributed by atoms with Crippen molar-refractivity contribution in [3.8, 4) is 27.6 Å². The number of ether oxygens (including phenoxy) is 1. The number of carbonyl (C=O) groups is 1. The zero-order chi connectivity index (χ0) is 23.4. The minimum Gasteiger partial charge on any atom is -0.497 e. The molecule has 168 valence electrons. The van der Waals surface area contributed by atoms with Gasteiger partial charge in [0.1, 0.15) is 22.6 Å². The highest BCUT2D eigenvalue weighted by Crippen LogP contribution is 2.25. The molecule has 1 atom stereocenters. The number of amides is 1. The van der Waals surface area contributed by atoms with Crippen molar-refractivity contribution in [2.75, 3.05) is 7.11 Å². The standard InChI is InChI=1S/C24H21FN4O3S/c1-15(29-22(30)12-11-21(28-29)16-3-7-18(25)8-4-16)23(31)26-13-19-14-33-24(27-19)17-5-9-20(32-2)10-6-17/h3-12,14-15H,13H2,1-2H3,(H,26,31). The number of aromatic nitrogens is 3. The second-order valence-corrected chi connectivity index (χ2v) is 8.13. The zero-order valence-corrected chi connectivity index (χ0v) is 18.8. The fourth-order valence-electron chi connectivity index (χ4n) is 3.17. The van der Waals surface area contributed by atoms with Crippen molar-refractivity contribution in [1.82, 2.24) is 20.1 Å². The van der Waals surface area contributed by atoms with E-state index in [4.69, 9.17) is 4.74 Å². The molecule has 0 aliphatic rings. The normalized spacial score (nSPS) is 11.7. The Labute approximate surface area is 193 Å². The third kappa shape index (κ3) is 5.15. The first-order valence-electron chi connectivity index (χ1n) is 10.2. The van der Waals surface area contributed by atoms with Gasteiger partial charge in [-0.15, -0.1) is 11.3 Å². The molecule has 4 rings (SSSR count). The van der Waals surface area contributed by atoms with Crippen molar-refractivity contribution in [2.24, 2.45) is 0 Å². The van der Waals surface area contributed by atoms with Crippen LogP contribution < -0.4 is 15.6 Å². The lowest BCUT2D eigenvalue weighted by Crippen LogP contribution is -2.36. The Morgan fingerprint density at radius 3 is 2.48 bits per heavy atom. The van der Waals surface area contributed by atoms with Gasteiger partial charge in [-0.2, -0.15) is 5.10 Å². The van der Waals surface area contributed by atoms with Gasteiger partial charge in [-0.3, -0.25) is 9.59 Å². The summed E-state index contributed by atoms with van der Waals surface area (Å²) in [5.74, 6) is 0.0426. The summed E-state index contributed by atoms with van der Waals surface area (Å²) in [5.41, 5.74) is 2.38. The number of nitrogens with one attached hydrogen (secondary N) is 1. The van der Waals surface area contributed by atoms with Crippen LogP contribution in [0.4, 0.5) is 4.39 Å². The van der Waals surface area contributed by atoms with Crippen LogP contribution in [0.2, 0.25) is 0 Å². The molecule has 0 fully saturated rings. The van der Waals surface area contributed by atoms with E-state index in [1.165, 1.54) is 29.5 Å². The minimum absolute atomic E-state index is 0.224. The summed E-state index contributed by atoms with van der Waals surface area (Å²) >= 11 is 1.48. The second-order valence-electron chi connectivity index (χ2n) is 7.27. The van der Waals surface area contributed by atoms with Gasteiger partial charge in [0.05, 0.1) is 25.0 Å². The number of hydrogen-bond acceptors (Lipinski definition) is 6. The average Bonchev–Trinajstić information content (AvgIpc) is 3.32. The van der Waals surface area contributed by atoms with Crippen LogP contribution in [0.1, 0.15) is 18.7 Å². The molecule has 0 spiro atoms. The molecule has 0 bridgehead atoms. The number of benzene rings is 2. The Morgan fingerprint density at radius 1 is 1.09 bits per heavy atom. The molecule has 2 aromatic carbocycles. The monoisotopic (exact) mass is 464 g/mol. The van der Waals surface area contributed by atoms with E-state index in [0.29, 0.717) is 17.0 Å². The third-order valence-electron chi connectivity index (χ3n) is 5.04. The van der Waals surface area contributed by atoms with Gasteiger partial charge in [-0.1, -0.05) is 0 Å². The number of methoxy groups -OCH3 is 1. The summed E-state index contributed by atoms with van der Waals surface area (Å²) in [7, 11) is 1.61. The highest BCUT2D eigenvalue weighted by molar-refractivity contribution is 7.13. The summed E-state index contributed by atoms with van der Waals surface area (Å²) in [4.78, 5) is 29.6. The Morgan fingerprint density at radius 2 is 1.79 bits per heavy atom. The highest BCUT2D eigenvalue weighted by Gasteiger charge is 2.18. The fourth-order valence-corrected chi connectivity index (χ4v) is 3.99. The topological polar surface area (TPSA) is 86.1 Å². The molecule has 4 aromatic rings. The molecule has 7 nitrogen and oxygen atoms in total. The van der Waals surface area contributed by atoms with Gasteiger partial charge in [-0.05, 0) is 61.5 Å². The molecule has 0 aliphatic heterocycles. The van der Waals surface area contributed by atoms with Crippen LogP contribution >= 0.6 is 11.3 Å². The van der Waals surface area contributed by atoms with Gasteiger partial charge in [-0.25, -0.2) is 14.1 Å². The molecule has 0 aliphatic carbocycles. The first kappa shape index (κ1) is 22.3. The van der Waals surface area contributed by atoms with E-state index in [-0.39, 0.29) is 18.3 Å². The molecule has 1 unspecified atom stereocenters. The lowest BCUT2D eigenvalue weighted by molar-refractivity contribution is -0.124. The highest BCUT2D eigenvalue weighted by atomic mass is 32.1. The van der Waals surface area contributed by atoms with Gasteiger partial charge in [0.2, 0.25) is 5.91 Å². The van der Waals surface area contributed by atoms with Gasteiger partial charge in [0.15, 0.2) is 0 Å². The van der Waals surface area contributed by atoms with Gasteiger partial charge in [0.25, 0.3) is 5.56 Å². The summed E-state index contributed by atoms with van der Waals surface area (Å²) in [6, 6.07) is 15.4. The van der Waals surface area contributed by atoms with Crippen LogP contribution in [-0.2, 0) is 11.3 Å². The van der Waals surface area contributed by atoms with Crippen LogP contribution in [0.15, 0.2) is 70.8 Å². The largest absolute Gasteiger partial charge is 0.497 e. The van der Waals surface area contributed by atoms with Crippen LogP contribution in [0, 0.1) is 5.82 Å². The van der Waals surface area contributed by atoms with E-state index in [0.717, 1.165) is 21.0 Å². The number of carbonyl (C=O) groups excluding carboxylic acids is 1. The van der Waals surface area contributed by atoms with Crippen LogP contribution in [0.3, 0.4) is 0 Å². The molecule has 33 heavy (non-hydrogen) atoms. The molecular formula is C24H21FN4O3S. The SMILES string of the molecule is COc1ccc(-c2nc(CNC(=O)C(C)n3nc(-c4ccc(F)cc4)ccc3=O)cs2)cc1. The fraction of sp³-hybridized carbons (Fsp3) is 0.167. The molecule has 2 aromatic heterocycles. The molecule has 1 amide bonds. The number of hydrogen-bond donors (Lipinski definition) is 1. The quantitative estimate of drug-likeness (QED) is 0.446. The lowest BCUT2D eigenvalue weighted by Gasteiger charge is -2.14. The molecule has 0 saturated carbocycles. The summed E-state index contributed by atoms with van der Waals surface area (Å²) in [5, 5.41) is 9.83. The van der Waals surface area contributed by atoms with Gasteiger partial charge < -0.3 is 10.1 Å². The molecular weight excluding hydrogens is 443 g/mol. The zero-order valence-electron chi connectivity index (χ0n) is 18.0. The summed E-state index contributed by atoms with van der Waals surface area (Å²) in [6.07, 6.45) is 0. The lowest BCUT2D eigenvalue weighted by atomic mass is 10.1. The van der Waals surface area contributed by atoms with Crippen LogP contribution in [-0.4, -0.2) is 27.8 Å². The second kappa shape index (κ2) is 9.74. The van der Waals surface area contributed by atoms with Crippen LogP contribution in [0.25, 0.3) is 21.8 Å². The van der Waals surface area contributed by atoms with Crippen molar-refractivity contribution in [2.45, 2.75) is 19.5 Å². The maximum absolute atomic E-state index is 13.2. The smallest absolute Gasteiger partial charge is 0.267 e. The Kier molecular flexibility index (Phi) is 6.60. The van der Waals surface area contributed by atoms with Crippen molar-refractivity contribution in [3.63, 3.8) is 0 Å². The van der Waals surface area contributed by atoms with Crippen molar-refractivity contribution in [3.05, 3.63) is 87.9 Å². The summed E-state index contributed by atoms with van der Waals surface area (Å²) < 4.78 is 19.5. The van der Waals surface area contributed by atoms with Crippen LogP contribution in [0.5, 0.6) is 5.75 Å². The van der Waals surface area contributed by atoms with E-state index < -0.39 is 11.6 Å². The molecule has 0 saturated heterocycles. The van der Waals surface area contributed by atoms with E-state index in [9.17, 15) is 14.0 Å². The first-order chi connectivity index (χ1) is 15.9. The van der Waals surface area contributed by atoms with E-state index in [2.05, 4.69) is 15.4 Å². The average molecular weight is 465 g/mol. The van der Waals surface area contributed by atoms with Gasteiger partial charge in [0, 0.05) is 22.6 Å².